The number of thiophene rings is 2. The lowest BCUT2D eigenvalue weighted by Crippen LogP contribution is -2.38. The normalized spacial score (nSPS) is 10.8. The second-order valence-electron chi connectivity index (χ2n) is 4.98. The molecule has 3 rings (SSSR count). The highest BCUT2D eigenvalue weighted by Gasteiger charge is 2.17. The van der Waals surface area contributed by atoms with Crippen molar-refractivity contribution < 1.29 is 9.59 Å². The molecule has 0 fully saturated rings. The van der Waals surface area contributed by atoms with E-state index in [2.05, 4.69) is 15.6 Å². The van der Waals surface area contributed by atoms with Crippen molar-refractivity contribution in [2.75, 3.05) is 12.8 Å². The predicted molar refractivity (Wildman–Crippen MR) is 101 cm³/mol. The summed E-state index contributed by atoms with van der Waals surface area (Å²) in [6.45, 7) is 0. The minimum atomic E-state index is -0.568. The van der Waals surface area contributed by atoms with Crippen molar-refractivity contribution in [3.8, 4) is 10.4 Å². The fraction of sp³-hybridized carbons (Fsp3) is 0.200. The Bertz CT molecular complexity index is 992. The van der Waals surface area contributed by atoms with E-state index < -0.39 is 11.9 Å². The molecule has 0 aliphatic carbocycles. The van der Waals surface area contributed by atoms with Gasteiger partial charge in [0, 0.05) is 29.9 Å². The third kappa shape index (κ3) is 3.60. The van der Waals surface area contributed by atoms with Crippen molar-refractivity contribution in [1.82, 2.24) is 20.2 Å². The van der Waals surface area contributed by atoms with Gasteiger partial charge in [-0.2, -0.15) is 0 Å². The van der Waals surface area contributed by atoms with Crippen LogP contribution in [0.1, 0.15) is 0 Å². The number of nitrogens with zero attached hydrogens (tertiary/aromatic N) is 2. The summed E-state index contributed by atoms with van der Waals surface area (Å²) in [6, 6.07) is 3.34. The van der Waals surface area contributed by atoms with Gasteiger partial charge >= 0.3 is 6.03 Å². The van der Waals surface area contributed by atoms with E-state index in [1.165, 1.54) is 23.0 Å². The van der Waals surface area contributed by atoms with Crippen LogP contribution in [0.2, 0.25) is 0 Å². The van der Waals surface area contributed by atoms with Gasteiger partial charge in [-0.1, -0.05) is 17.8 Å². The van der Waals surface area contributed by atoms with E-state index in [9.17, 15) is 14.4 Å². The van der Waals surface area contributed by atoms with E-state index in [-0.39, 0.29) is 11.3 Å². The van der Waals surface area contributed by atoms with E-state index in [0.717, 1.165) is 22.2 Å². The first-order valence-corrected chi connectivity index (χ1v) is 9.92. The summed E-state index contributed by atoms with van der Waals surface area (Å²) in [5, 5.41) is 9.40. The maximum atomic E-state index is 12.8. The standard InChI is InChI=1S/C15H14N4O3S3/c1-16-14(22)17-10(20)7-25-15-18-12-11(13(21)19(15)2)8(6-24-12)9-4-3-5-23-9/h3-6H,7H2,1-2H3,(H2,16,17,20,22). The Kier molecular flexibility index (Phi) is 5.21. The van der Waals surface area contributed by atoms with Crippen molar-refractivity contribution in [2.24, 2.45) is 7.05 Å². The molecular weight excluding hydrogens is 380 g/mol. The van der Waals surface area contributed by atoms with Crippen molar-refractivity contribution in [1.29, 1.82) is 0 Å². The Balaban J connectivity index is 1.89. The zero-order valence-corrected chi connectivity index (χ0v) is 15.8. The lowest BCUT2D eigenvalue weighted by atomic mass is 10.2. The van der Waals surface area contributed by atoms with Crippen LogP contribution in [0.5, 0.6) is 0 Å². The minimum absolute atomic E-state index is 0.0115. The van der Waals surface area contributed by atoms with Gasteiger partial charge in [0.15, 0.2) is 5.16 Å². The highest BCUT2D eigenvalue weighted by molar-refractivity contribution is 7.99. The molecule has 3 aromatic heterocycles. The highest BCUT2D eigenvalue weighted by atomic mass is 32.2. The topological polar surface area (TPSA) is 93.1 Å². The Labute approximate surface area is 155 Å². The van der Waals surface area contributed by atoms with Crippen LogP contribution >= 0.6 is 34.4 Å². The maximum absolute atomic E-state index is 12.8. The van der Waals surface area contributed by atoms with Crippen LogP contribution in [-0.4, -0.2) is 34.3 Å². The Morgan fingerprint density at radius 3 is 2.84 bits per heavy atom. The Morgan fingerprint density at radius 2 is 2.16 bits per heavy atom. The molecule has 3 amide bonds. The second kappa shape index (κ2) is 7.38. The maximum Gasteiger partial charge on any atom is 0.321 e. The van der Waals surface area contributed by atoms with E-state index >= 15 is 0 Å². The number of imide groups is 1. The fourth-order valence-corrected chi connectivity index (χ4v) is 4.73. The third-order valence-electron chi connectivity index (χ3n) is 3.37. The van der Waals surface area contributed by atoms with Gasteiger partial charge in [0.05, 0.1) is 11.1 Å². The number of aromatic nitrogens is 2. The summed E-state index contributed by atoms with van der Waals surface area (Å²) in [6.07, 6.45) is 0. The summed E-state index contributed by atoms with van der Waals surface area (Å²) in [5.41, 5.74) is 0.737. The van der Waals surface area contributed by atoms with Gasteiger partial charge in [-0.25, -0.2) is 9.78 Å². The van der Waals surface area contributed by atoms with Gasteiger partial charge in [-0.3, -0.25) is 19.5 Å². The number of thioether (sulfide) groups is 1. The third-order valence-corrected chi connectivity index (χ3v) is 6.18. The number of carbonyl (C=O) groups excluding carboxylic acids is 2. The lowest BCUT2D eigenvalue weighted by molar-refractivity contribution is -0.117. The first kappa shape index (κ1) is 17.6. The summed E-state index contributed by atoms with van der Waals surface area (Å²) in [7, 11) is 3.06. The SMILES string of the molecule is CNC(=O)NC(=O)CSc1nc2scc(-c3cccs3)c2c(=O)n1C. The molecule has 10 heteroatoms. The molecule has 0 aliphatic rings. The molecule has 0 spiro atoms. The quantitative estimate of drug-likeness (QED) is 0.523. The van der Waals surface area contributed by atoms with Crippen molar-refractivity contribution in [3.63, 3.8) is 0 Å². The first-order valence-electron chi connectivity index (χ1n) is 7.17. The van der Waals surface area contributed by atoms with Crippen LogP contribution in [0.25, 0.3) is 20.7 Å². The van der Waals surface area contributed by atoms with Crippen LogP contribution in [0.3, 0.4) is 0 Å². The molecule has 0 aromatic carbocycles. The molecule has 0 radical (unpaired) electrons. The van der Waals surface area contributed by atoms with Gasteiger partial charge in [-0.05, 0) is 11.4 Å². The average Bonchev–Trinajstić information content (AvgIpc) is 3.25. The predicted octanol–water partition coefficient (Wildman–Crippen LogP) is 2.27. The molecule has 2 N–H and O–H groups in total. The zero-order valence-electron chi connectivity index (χ0n) is 13.4. The average molecular weight is 395 g/mol. The highest BCUT2D eigenvalue weighted by Crippen LogP contribution is 2.34. The molecule has 3 heterocycles. The second-order valence-corrected chi connectivity index (χ2v) is 7.73. The number of rotatable bonds is 4. The number of urea groups is 1. The van der Waals surface area contributed by atoms with Crippen LogP contribution in [0.15, 0.2) is 32.8 Å². The van der Waals surface area contributed by atoms with Crippen molar-refractivity contribution in [2.45, 2.75) is 5.16 Å². The first-order chi connectivity index (χ1) is 12.0. The van der Waals surface area contributed by atoms with Gasteiger partial charge in [0.25, 0.3) is 5.56 Å². The number of hydrogen-bond donors (Lipinski definition) is 2. The molecule has 0 aliphatic heterocycles. The van der Waals surface area contributed by atoms with Crippen LogP contribution < -0.4 is 16.2 Å². The van der Waals surface area contributed by atoms with E-state index in [0.29, 0.717) is 15.4 Å². The Hall–Kier alpha value is -2.17. The minimum Gasteiger partial charge on any atom is -0.341 e. The molecule has 7 nitrogen and oxygen atoms in total. The molecule has 0 atom stereocenters. The molecule has 130 valence electrons. The number of amides is 3. The molecular formula is C15H14N4O3S3. The summed E-state index contributed by atoms with van der Waals surface area (Å²) in [5.74, 6) is -0.466. The smallest absolute Gasteiger partial charge is 0.321 e. The fourth-order valence-electron chi connectivity index (χ4n) is 2.15. The number of fused-ring (bicyclic) bond motifs is 1. The number of nitrogens with one attached hydrogen (secondary N) is 2. The molecule has 3 aromatic rings. The summed E-state index contributed by atoms with van der Waals surface area (Å²) >= 11 is 4.09. The van der Waals surface area contributed by atoms with E-state index in [1.807, 2.05) is 22.9 Å². The zero-order chi connectivity index (χ0) is 18.0. The number of carbonyl (C=O) groups is 2. The largest absolute Gasteiger partial charge is 0.341 e. The summed E-state index contributed by atoms with van der Waals surface area (Å²) in [4.78, 5) is 41.7. The van der Waals surface area contributed by atoms with Gasteiger partial charge in [0.1, 0.15) is 4.83 Å². The van der Waals surface area contributed by atoms with E-state index in [4.69, 9.17) is 0 Å². The molecule has 0 saturated heterocycles. The molecule has 0 saturated carbocycles. The lowest BCUT2D eigenvalue weighted by Gasteiger charge is -2.07. The summed E-state index contributed by atoms with van der Waals surface area (Å²) < 4.78 is 1.43. The van der Waals surface area contributed by atoms with Crippen LogP contribution in [0.4, 0.5) is 4.79 Å². The Morgan fingerprint density at radius 1 is 1.36 bits per heavy atom. The van der Waals surface area contributed by atoms with Gasteiger partial charge in [-0.15, -0.1) is 22.7 Å². The molecule has 0 bridgehead atoms. The van der Waals surface area contributed by atoms with E-state index in [1.54, 1.807) is 18.4 Å². The van der Waals surface area contributed by atoms with Gasteiger partial charge < -0.3 is 5.32 Å². The monoisotopic (exact) mass is 394 g/mol. The molecule has 25 heavy (non-hydrogen) atoms. The van der Waals surface area contributed by atoms with Crippen LogP contribution in [0, 0.1) is 0 Å². The number of hydrogen-bond acceptors (Lipinski definition) is 7. The molecule has 0 unspecified atom stereocenters. The van der Waals surface area contributed by atoms with Crippen LogP contribution in [-0.2, 0) is 11.8 Å². The van der Waals surface area contributed by atoms with Gasteiger partial charge in [0.2, 0.25) is 5.91 Å². The van der Waals surface area contributed by atoms with Crippen molar-refractivity contribution in [3.05, 3.63) is 33.2 Å². The van der Waals surface area contributed by atoms with Crippen molar-refractivity contribution >= 4 is 56.6 Å².